The summed E-state index contributed by atoms with van der Waals surface area (Å²) in [5, 5.41) is 0. The van der Waals surface area contributed by atoms with Gasteiger partial charge in [0.2, 0.25) is 5.91 Å². The van der Waals surface area contributed by atoms with Crippen molar-refractivity contribution in [2.45, 2.75) is 25.4 Å². The minimum atomic E-state index is -0.417. The van der Waals surface area contributed by atoms with Crippen molar-refractivity contribution in [3.63, 3.8) is 0 Å². The highest BCUT2D eigenvalue weighted by Crippen LogP contribution is 2.34. The number of carbonyl (C=O) groups is 2. The second-order valence-electron chi connectivity index (χ2n) is 7.28. The van der Waals surface area contributed by atoms with Crippen LogP contribution in [-0.2, 0) is 20.8 Å². The Kier molecular flexibility index (Phi) is 5.76. The maximum Gasteiger partial charge on any atom is 0.337 e. The van der Waals surface area contributed by atoms with E-state index in [1.165, 1.54) is 7.11 Å². The number of carbonyl (C=O) groups excluding carboxylic acids is 2. The third kappa shape index (κ3) is 4.10. The molecule has 1 saturated heterocycles. The molecule has 0 saturated carbocycles. The number of aromatic nitrogens is 1. The Morgan fingerprint density at radius 1 is 1.21 bits per heavy atom. The highest BCUT2D eigenvalue weighted by Gasteiger charge is 2.34. The standard InChI is InChI=1S/C22H24N2O5/c1-27-22(26)16-4-5-18-13-24(21(25)15-6-9-28-10-7-15)19(14-29-20(18)11-16)17-3-2-8-23-12-17/h2-5,8,11-12,15,19H,6-7,9-10,13-14H2,1H3. The zero-order valence-corrected chi connectivity index (χ0v) is 16.4. The number of esters is 1. The fraction of sp³-hybridized carbons (Fsp3) is 0.409. The number of hydrogen-bond donors (Lipinski definition) is 0. The first-order chi connectivity index (χ1) is 14.2. The van der Waals surface area contributed by atoms with Gasteiger partial charge >= 0.3 is 5.97 Å². The highest BCUT2D eigenvalue weighted by atomic mass is 16.5. The summed E-state index contributed by atoms with van der Waals surface area (Å²) in [5.74, 6) is 0.234. The van der Waals surface area contributed by atoms with Crippen LogP contribution in [-0.4, -0.2) is 48.7 Å². The molecule has 3 heterocycles. The van der Waals surface area contributed by atoms with Crippen molar-refractivity contribution in [3.8, 4) is 5.75 Å². The monoisotopic (exact) mass is 396 g/mol. The average Bonchev–Trinajstić information content (AvgIpc) is 2.98. The molecule has 2 aliphatic rings. The van der Waals surface area contributed by atoms with Gasteiger partial charge in [-0.1, -0.05) is 12.1 Å². The number of ether oxygens (including phenoxy) is 3. The average molecular weight is 396 g/mol. The Balaban J connectivity index is 1.68. The number of benzene rings is 1. The van der Waals surface area contributed by atoms with Gasteiger partial charge in [0.1, 0.15) is 12.4 Å². The molecule has 1 amide bonds. The predicted molar refractivity (Wildman–Crippen MR) is 104 cm³/mol. The molecule has 0 N–H and O–H groups in total. The molecule has 2 aliphatic heterocycles. The molecule has 7 heteroatoms. The number of hydrogen-bond acceptors (Lipinski definition) is 6. The molecule has 1 aromatic heterocycles. The largest absolute Gasteiger partial charge is 0.491 e. The molecule has 1 atom stereocenters. The number of fused-ring (bicyclic) bond motifs is 1. The molecule has 0 aliphatic carbocycles. The van der Waals surface area contributed by atoms with E-state index in [-0.39, 0.29) is 24.5 Å². The van der Waals surface area contributed by atoms with Crippen LogP contribution in [0.2, 0.25) is 0 Å². The van der Waals surface area contributed by atoms with Crippen molar-refractivity contribution in [3.05, 3.63) is 59.4 Å². The quantitative estimate of drug-likeness (QED) is 0.743. The van der Waals surface area contributed by atoms with E-state index < -0.39 is 5.97 Å². The minimum Gasteiger partial charge on any atom is -0.491 e. The first kappa shape index (κ1) is 19.4. The van der Waals surface area contributed by atoms with Gasteiger partial charge in [0.15, 0.2) is 0 Å². The third-order valence-electron chi connectivity index (χ3n) is 5.52. The van der Waals surface area contributed by atoms with E-state index in [4.69, 9.17) is 14.2 Å². The lowest BCUT2D eigenvalue weighted by Gasteiger charge is -2.33. The molecule has 7 nitrogen and oxygen atoms in total. The zero-order chi connectivity index (χ0) is 20.2. The van der Waals surface area contributed by atoms with Crippen LogP contribution >= 0.6 is 0 Å². The van der Waals surface area contributed by atoms with E-state index in [9.17, 15) is 9.59 Å². The molecule has 2 aromatic rings. The summed E-state index contributed by atoms with van der Waals surface area (Å²) in [4.78, 5) is 31.4. The van der Waals surface area contributed by atoms with E-state index in [0.717, 1.165) is 24.0 Å². The zero-order valence-electron chi connectivity index (χ0n) is 16.4. The van der Waals surface area contributed by atoms with Crippen molar-refractivity contribution in [2.24, 2.45) is 5.92 Å². The normalized spacial score (nSPS) is 19.6. The van der Waals surface area contributed by atoms with E-state index in [0.29, 0.717) is 31.1 Å². The van der Waals surface area contributed by atoms with Crippen molar-refractivity contribution in [1.82, 2.24) is 9.88 Å². The highest BCUT2D eigenvalue weighted by molar-refractivity contribution is 5.90. The Labute approximate surface area is 169 Å². The molecular weight excluding hydrogens is 372 g/mol. The van der Waals surface area contributed by atoms with Crippen LogP contribution in [0.25, 0.3) is 0 Å². The Bertz CT molecular complexity index is 880. The van der Waals surface area contributed by atoms with Crippen molar-refractivity contribution < 1.29 is 23.8 Å². The first-order valence-corrected chi connectivity index (χ1v) is 9.79. The van der Waals surface area contributed by atoms with E-state index in [2.05, 4.69) is 4.98 Å². The molecule has 0 spiro atoms. The Hall–Kier alpha value is -2.93. The van der Waals surface area contributed by atoms with Crippen molar-refractivity contribution in [1.29, 1.82) is 0 Å². The smallest absolute Gasteiger partial charge is 0.337 e. The van der Waals surface area contributed by atoms with Gasteiger partial charge in [-0.3, -0.25) is 9.78 Å². The van der Waals surface area contributed by atoms with Crippen molar-refractivity contribution >= 4 is 11.9 Å². The molecule has 0 bridgehead atoms. The number of pyridine rings is 1. The van der Waals surface area contributed by atoms with Crippen LogP contribution in [0.4, 0.5) is 0 Å². The van der Waals surface area contributed by atoms with Crippen molar-refractivity contribution in [2.75, 3.05) is 26.9 Å². The molecule has 29 heavy (non-hydrogen) atoms. The van der Waals surface area contributed by atoms with E-state index in [1.54, 1.807) is 24.5 Å². The van der Waals surface area contributed by atoms with Crippen LogP contribution in [0.5, 0.6) is 5.75 Å². The summed E-state index contributed by atoms with van der Waals surface area (Å²) in [5.41, 5.74) is 2.21. The molecule has 1 aromatic carbocycles. The van der Waals surface area contributed by atoms with Gasteiger partial charge in [-0.15, -0.1) is 0 Å². The Morgan fingerprint density at radius 2 is 2.03 bits per heavy atom. The number of nitrogens with zero attached hydrogens (tertiary/aromatic N) is 2. The maximum absolute atomic E-state index is 13.4. The maximum atomic E-state index is 13.4. The van der Waals surface area contributed by atoms with Gasteiger partial charge in [-0.25, -0.2) is 4.79 Å². The van der Waals surface area contributed by atoms with Crippen LogP contribution in [0.3, 0.4) is 0 Å². The van der Waals surface area contributed by atoms with Crippen LogP contribution in [0.15, 0.2) is 42.7 Å². The summed E-state index contributed by atoms with van der Waals surface area (Å²) >= 11 is 0. The van der Waals surface area contributed by atoms with E-state index >= 15 is 0 Å². The second kappa shape index (κ2) is 8.61. The fourth-order valence-corrected chi connectivity index (χ4v) is 3.88. The van der Waals surface area contributed by atoms with Gasteiger partial charge in [0, 0.05) is 37.1 Å². The summed E-state index contributed by atoms with van der Waals surface area (Å²) in [7, 11) is 1.35. The SMILES string of the molecule is COC(=O)c1ccc2c(c1)OCC(c1cccnc1)N(C(=O)C1CCOCC1)C2. The lowest BCUT2D eigenvalue weighted by Crippen LogP contribution is -2.41. The van der Waals surface area contributed by atoms with Crippen LogP contribution < -0.4 is 4.74 Å². The van der Waals surface area contributed by atoms with Gasteiger partial charge in [-0.2, -0.15) is 0 Å². The van der Waals surface area contributed by atoms with Gasteiger partial charge in [-0.05, 0) is 36.6 Å². The van der Waals surface area contributed by atoms with Crippen LogP contribution in [0, 0.1) is 5.92 Å². The van der Waals surface area contributed by atoms with Gasteiger partial charge in [0.25, 0.3) is 0 Å². The second-order valence-corrected chi connectivity index (χ2v) is 7.28. The van der Waals surface area contributed by atoms with Crippen LogP contribution in [0.1, 0.15) is 40.4 Å². The van der Waals surface area contributed by atoms with Gasteiger partial charge in [0.05, 0.1) is 25.3 Å². The summed E-state index contributed by atoms with van der Waals surface area (Å²) in [6.45, 7) is 1.92. The first-order valence-electron chi connectivity index (χ1n) is 9.79. The summed E-state index contributed by atoms with van der Waals surface area (Å²) < 4.78 is 16.3. The van der Waals surface area contributed by atoms with Gasteiger partial charge < -0.3 is 19.1 Å². The Morgan fingerprint density at radius 3 is 2.76 bits per heavy atom. The molecule has 1 fully saturated rings. The molecule has 152 valence electrons. The minimum absolute atomic E-state index is 0.0567. The fourth-order valence-electron chi connectivity index (χ4n) is 3.88. The molecule has 0 radical (unpaired) electrons. The lowest BCUT2D eigenvalue weighted by molar-refractivity contribution is -0.142. The molecule has 4 rings (SSSR count). The third-order valence-corrected chi connectivity index (χ3v) is 5.52. The summed E-state index contributed by atoms with van der Waals surface area (Å²) in [6.07, 6.45) is 4.94. The number of amides is 1. The molecular formula is C22H24N2O5. The lowest BCUT2D eigenvalue weighted by atomic mass is 9.96. The predicted octanol–water partition coefficient (Wildman–Crippen LogP) is 2.76. The number of methoxy groups -OCH3 is 1. The van der Waals surface area contributed by atoms with E-state index in [1.807, 2.05) is 23.1 Å². The summed E-state index contributed by atoms with van der Waals surface area (Å²) in [6, 6.07) is 8.78. The molecule has 1 unspecified atom stereocenters. The number of rotatable bonds is 3. The topological polar surface area (TPSA) is 78.0 Å².